The third kappa shape index (κ3) is 4.63. The number of nitrogens with zero attached hydrogens (tertiary/aromatic N) is 4. The standard InChI is InChI=1S/C20H38N6O/c1-8-20(9-2)17(11-18(20)27-10-3)24-19(21-4)22-13-16(25(5)6)15-12-23-26(7)14-15/h12,14,16-18H,8-11,13H2,1-7H3,(H2,21,22,24). The van der Waals surface area contributed by atoms with Gasteiger partial charge in [0.05, 0.1) is 18.3 Å². The van der Waals surface area contributed by atoms with Crippen molar-refractivity contribution in [2.24, 2.45) is 17.5 Å². The zero-order valence-corrected chi connectivity index (χ0v) is 18.1. The normalized spacial score (nSPS) is 23.2. The van der Waals surface area contributed by atoms with Crippen LogP contribution < -0.4 is 10.6 Å². The second-order valence-electron chi connectivity index (χ2n) is 7.70. The van der Waals surface area contributed by atoms with E-state index in [-0.39, 0.29) is 11.5 Å². The number of hydrogen-bond donors (Lipinski definition) is 2. The van der Waals surface area contributed by atoms with E-state index in [9.17, 15) is 0 Å². The third-order valence-corrected chi connectivity index (χ3v) is 6.20. The summed E-state index contributed by atoms with van der Waals surface area (Å²) < 4.78 is 7.84. The summed E-state index contributed by atoms with van der Waals surface area (Å²) in [6, 6.07) is 0.628. The van der Waals surface area contributed by atoms with Gasteiger partial charge in [0, 0.05) is 50.5 Å². The van der Waals surface area contributed by atoms with Gasteiger partial charge >= 0.3 is 0 Å². The average molecular weight is 379 g/mol. The first kappa shape index (κ1) is 21.7. The molecule has 0 aromatic carbocycles. The zero-order chi connectivity index (χ0) is 20.0. The summed E-state index contributed by atoms with van der Waals surface area (Å²) in [7, 11) is 7.97. The van der Waals surface area contributed by atoms with Gasteiger partial charge < -0.3 is 20.3 Å². The van der Waals surface area contributed by atoms with E-state index in [0.717, 1.165) is 38.4 Å². The highest BCUT2D eigenvalue weighted by Crippen LogP contribution is 2.48. The van der Waals surface area contributed by atoms with Crippen LogP contribution in [-0.4, -0.2) is 67.1 Å². The number of aryl methyl sites for hydroxylation is 1. The van der Waals surface area contributed by atoms with E-state index in [1.54, 1.807) is 0 Å². The first-order valence-corrected chi connectivity index (χ1v) is 10.2. The van der Waals surface area contributed by atoms with Gasteiger partial charge in [-0.3, -0.25) is 9.67 Å². The first-order valence-electron chi connectivity index (χ1n) is 10.2. The zero-order valence-electron chi connectivity index (χ0n) is 18.1. The number of nitrogens with one attached hydrogen (secondary N) is 2. The summed E-state index contributed by atoms with van der Waals surface area (Å²) in [6.07, 6.45) is 7.60. The molecule has 1 heterocycles. The van der Waals surface area contributed by atoms with Crippen LogP contribution in [0.3, 0.4) is 0 Å². The Balaban J connectivity index is 1.99. The minimum Gasteiger partial charge on any atom is -0.378 e. The van der Waals surface area contributed by atoms with Crippen LogP contribution in [0.4, 0.5) is 0 Å². The van der Waals surface area contributed by atoms with Crippen molar-refractivity contribution in [3.63, 3.8) is 0 Å². The maximum atomic E-state index is 5.99. The summed E-state index contributed by atoms with van der Waals surface area (Å²) >= 11 is 0. The van der Waals surface area contributed by atoms with E-state index in [2.05, 4.69) is 66.7 Å². The molecule has 0 amide bonds. The summed E-state index contributed by atoms with van der Waals surface area (Å²) in [5.41, 5.74) is 1.39. The lowest BCUT2D eigenvalue weighted by molar-refractivity contribution is -0.133. The molecule has 1 aromatic heterocycles. The monoisotopic (exact) mass is 378 g/mol. The Hall–Kier alpha value is -1.60. The molecule has 1 fully saturated rings. The number of hydrogen-bond acceptors (Lipinski definition) is 4. The summed E-state index contributed by atoms with van der Waals surface area (Å²) in [4.78, 5) is 6.66. The van der Waals surface area contributed by atoms with Crippen LogP contribution >= 0.6 is 0 Å². The SMILES string of the molecule is CCOC1CC(NC(=NC)NCC(c2cnn(C)c2)N(C)C)C1(CC)CC. The van der Waals surface area contributed by atoms with Gasteiger partial charge in [-0.1, -0.05) is 13.8 Å². The molecule has 1 aliphatic rings. The lowest BCUT2D eigenvalue weighted by atomic mass is 9.58. The molecule has 154 valence electrons. The van der Waals surface area contributed by atoms with Crippen LogP contribution in [0.1, 0.15) is 51.6 Å². The number of rotatable bonds is 9. The molecule has 7 heteroatoms. The smallest absolute Gasteiger partial charge is 0.191 e. The third-order valence-electron chi connectivity index (χ3n) is 6.20. The van der Waals surface area contributed by atoms with Crippen molar-refractivity contribution in [1.82, 2.24) is 25.3 Å². The van der Waals surface area contributed by atoms with Gasteiger partial charge in [-0.15, -0.1) is 0 Å². The molecular weight excluding hydrogens is 340 g/mol. The highest BCUT2D eigenvalue weighted by molar-refractivity contribution is 5.80. The quantitative estimate of drug-likeness (QED) is 0.509. The molecule has 0 aliphatic heterocycles. The Kier molecular flexibility index (Phi) is 7.68. The van der Waals surface area contributed by atoms with E-state index in [1.807, 2.05) is 25.0 Å². The minimum absolute atomic E-state index is 0.192. The fourth-order valence-corrected chi connectivity index (χ4v) is 4.35. The molecule has 0 radical (unpaired) electrons. The lowest BCUT2D eigenvalue weighted by Gasteiger charge is -2.55. The van der Waals surface area contributed by atoms with Gasteiger partial charge in [0.25, 0.3) is 0 Å². The fourth-order valence-electron chi connectivity index (χ4n) is 4.35. The molecule has 0 saturated heterocycles. The summed E-state index contributed by atoms with van der Waals surface area (Å²) in [6.45, 7) is 8.16. The highest BCUT2D eigenvalue weighted by atomic mass is 16.5. The number of likely N-dealkylation sites (N-methyl/N-ethyl adjacent to an activating group) is 1. The predicted molar refractivity (Wildman–Crippen MR) is 111 cm³/mol. The minimum atomic E-state index is 0.192. The predicted octanol–water partition coefficient (Wildman–Crippen LogP) is 2.17. The number of aliphatic imine (C=N–C) groups is 1. The first-order chi connectivity index (χ1) is 12.9. The van der Waals surface area contributed by atoms with E-state index in [0.29, 0.717) is 12.1 Å². The Morgan fingerprint density at radius 1 is 1.41 bits per heavy atom. The van der Waals surface area contributed by atoms with Crippen molar-refractivity contribution < 1.29 is 4.74 Å². The number of guanidine groups is 1. The molecule has 1 aromatic rings. The summed E-state index contributed by atoms with van der Waals surface area (Å²) in [5.74, 6) is 0.858. The lowest BCUT2D eigenvalue weighted by Crippen LogP contribution is -2.65. The van der Waals surface area contributed by atoms with Gasteiger partial charge in [0.1, 0.15) is 0 Å². The summed E-state index contributed by atoms with van der Waals surface area (Å²) in [5, 5.41) is 11.5. The molecule has 0 spiro atoms. The second kappa shape index (κ2) is 9.55. The Morgan fingerprint density at radius 3 is 2.59 bits per heavy atom. The van der Waals surface area contributed by atoms with E-state index in [1.165, 1.54) is 5.56 Å². The van der Waals surface area contributed by atoms with Gasteiger partial charge in [-0.25, -0.2) is 0 Å². The molecule has 3 unspecified atom stereocenters. The van der Waals surface area contributed by atoms with Gasteiger partial charge in [0.15, 0.2) is 5.96 Å². The Morgan fingerprint density at radius 2 is 2.11 bits per heavy atom. The van der Waals surface area contributed by atoms with E-state index in [4.69, 9.17) is 4.74 Å². The van der Waals surface area contributed by atoms with Crippen molar-refractivity contribution >= 4 is 5.96 Å². The number of aromatic nitrogens is 2. The second-order valence-corrected chi connectivity index (χ2v) is 7.70. The van der Waals surface area contributed by atoms with Crippen molar-refractivity contribution in [3.8, 4) is 0 Å². The topological polar surface area (TPSA) is 66.7 Å². The van der Waals surface area contributed by atoms with Crippen LogP contribution in [0.15, 0.2) is 17.4 Å². The molecule has 2 rings (SSSR count). The van der Waals surface area contributed by atoms with Gasteiger partial charge in [0.2, 0.25) is 0 Å². The Labute approximate surface area is 164 Å². The molecule has 2 N–H and O–H groups in total. The molecule has 1 saturated carbocycles. The van der Waals surface area contributed by atoms with Crippen LogP contribution in [0.2, 0.25) is 0 Å². The van der Waals surface area contributed by atoms with Crippen LogP contribution in [-0.2, 0) is 11.8 Å². The Bertz CT molecular complexity index is 607. The average Bonchev–Trinajstić information content (AvgIpc) is 3.06. The molecule has 7 nitrogen and oxygen atoms in total. The maximum Gasteiger partial charge on any atom is 0.191 e. The molecular formula is C20H38N6O. The van der Waals surface area contributed by atoms with Gasteiger partial charge in [-0.05, 0) is 40.3 Å². The van der Waals surface area contributed by atoms with Gasteiger partial charge in [-0.2, -0.15) is 5.10 Å². The fraction of sp³-hybridized carbons (Fsp3) is 0.800. The largest absolute Gasteiger partial charge is 0.378 e. The molecule has 3 atom stereocenters. The molecule has 1 aliphatic carbocycles. The van der Waals surface area contributed by atoms with E-state index >= 15 is 0 Å². The van der Waals surface area contributed by atoms with Crippen LogP contribution in [0.5, 0.6) is 0 Å². The highest BCUT2D eigenvalue weighted by Gasteiger charge is 2.53. The molecule has 0 bridgehead atoms. The number of ether oxygens (including phenoxy) is 1. The molecule has 27 heavy (non-hydrogen) atoms. The van der Waals surface area contributed by atoms with Crippen LogP contribution in [0.25, 0.3) is 0 Å². The van der Waals surface area contributed by atoms with Crippen molar-refractivity contribution in [2.75, 3.05) is 34.3 Å². The maximum absolute atomic E-state index is 5.99. The van der Waals surface area contributed by atoms with Crippen molar-refractivity contribution in [2.45, 2.75) is 58.2 Å². The van der Waals surface area contributed by atoms with Crippen LogP contribution in [0, 0.1) is 5.41 Å². The van der Waals surface area contributed by atoms with E-state index < -0.39 is 0 Å². The van der Waals surface area contributed by atoms with Crippen molar-refractivity contribution in [1.29, 1.82) is 0 Å². The van der Waals surface area contributed by atoms with Crippen molar-refractivity contribution in [3.05, 3.63) is 18.0 Å².